The molecule has 3 aromatic rings. The molecule has 34 heteroatoms. The highest BCUT2D eigenvalue weighted by Gasteiger charge is 2.42. The maximum atomic E-state index is 15.1. The first-order chi connectivity index (χ1) is 46.4. The van der Waals surface area contributed by atoms with Gasteiger partial charge in [0.05, 0.1) is 13.2 Å². The number of nitrogens with two attached hydrogens (primary N) is 1. The summed E-state index contributed by atoms with van der Waals surface area (Å²) in [5, 5.41) is 61.1. The van der Waals surface area contributed by atoms with E-state index in [4.69, 9.17) is 5.73 Å². The van der Waals surface area contributed by atoms with Crippen LogP contribution in [0.3, 0.4) is 0 Å². The van der Waals surface area contributed by atoms with Crippen LogP contribution >= 0.6 is 43.2 Å². The summed E-state index contributed by atoms with van der Waals surface area (Å²) in [4.78, 5) is 191. The molecule has 3 aliphatic rings. The Bertz CT molecular complexity index is 3280. The van der Waals surface area contributed by atoms with E-state index in [2.05, 4.69) is 63.5 Å². The van der Waals surface area contributed by atoms with Crippen molar-refractivity contribution in [1.29, 1.82) is 0 Å². The Morgan fingerprint density at radius 1 is 0.608 bits per heavy atom. The molecule has 0 aliphatic carbocycles. The molecule has 0 unspecified atom stereocenters. The van der Waals surface area contributed by atoms with E-state index in [0.717, 1.165) is 43.2 Å². The first-order valence-corrected chi connectivity index (χ1v) is 37.4. The van der Waals surface area contributed by atoms with Crippen molar-refractivity contribution in [3.8, 4) is 5.75 Å². The van der Waals surface area contributed by atoms with Crippen molar-refractivity contribution in [1.82, 2.24) is 68.4 Å². The zero-order valence-electron chi connectivity index (χ0n) is 54.7. The summed E-state index contributed by atoms with van der Waals surface area (Å²) in [5.41, 5.74) is 7.39. The molecule has 532 valence electrons. The van der Waals surface area contributed by atoms with Crippen molar-refractivity contribution >= 4 is 131 Å². The molecule has 97 heavy (non-hydrogen) atoms. The lowest BCUT2D eigenvalue weighted by molar-refractivity contribution is -0.143. The zero-order chi connectivity index (χ0) is 70.9. The Morgan fingerprint density at radius 3 is 1.82 bits per heavy atom. The van der Waals surface area contributed by atoms with Crippen LogP contribution in [0.25, 0.3) is 10.9 Å². The number of fused-ring (bicyclic) bond motifs is 10. The number of para-hydroxylation sites is 1. The number of hydrogen-bond donors (Lipinski definition) is 16. The molecule has 3 saturated heterocycles. The molecular formula is C63H90N14O16S4. The van der Waals surface area contributed by atoms with E-state index in [1.807, 2.05) is 13.0 Å². The van der Waals surface area contributed by atoms with Crippen LogP contribution < -0.4 is 64.2 Å². The quantitative estimate of drug-likeness (QED) is 0.0785. The van der Waals surface area contributed by atoms with Crippen LogP contribution in [0.1, 0.15) is 104 Å². The van der Waals surface area contributed by atoms with Crippen molar-refractivity contribution in [3.63, 3.8) is 0 Å². The first kappa shape index (κ1) is 78.2. The number of aliphatic hydroxyl groups excluding tert-OH is 1. The van der Waals surface area contributed by atoms with Crippen molar-refractivity contribution in [3.05, 3.63) is 65.9 Å². The number of aliphatic carboxylic acids is 1. The zero-order valence-corrected chi connectivity index (χ0v) is 58.0. The number of aliphatic hydroxyl groups is 1. The van der Waals surface area contributed by atoms with Gasteiger partial charge in [0.25, 0.3) is 0 Å². The van der Waals surface area contributed by atoms with Gasteiger partial charge in [0.15, 0.2) is 0 Å². The molecule has 3 aliphatic heterocycles. The van der Waals surface area contributed by atoms with E-state index in [9.17, 15) is 68.1 Å². The first-order valence-electron chi connectivity index (χ1n) is 32.4. The molecule has 4 heterocycles. The van der Waals surface area contributed by atoms with Crippen LogP contribution in [0, 0.1) is 5.92 Å². The highest BCUT2D eigenvalue weighted by Crippen LogP contribution is 2.27. The lowest BCUT2D eigenvalue weighted by atomic mass is 9.96. The van der Waals surface area contributed by atoms with Crippen molar-refractivity contribution in [2.45, 2.75) is 178 Å². The minimum Gasteiger partial charge on any atom is -0.508 e. The van der Waals surface area contributed by atoms with Gasteiger partial charge in [-0.05, 0) is 67.3 Å². The fourth-order valence-electron chi connectivity index (χ4n) is 10.9. The van der Waals surface area contributed by atoms with E-state index in [1.54, 1.807) is 52.1 Å². The molecule has 6 rings (SSSR count). The summed E-state index contributed by atoms with van der Waals surface area (Å²) in [6, 6.07) is -4.80. The lowest BCUT2D eigenvalue weighted by Gasteiger charge is -2.31. The summed E-state index contributed by atoms with van der Waals surface area (Å²) in [6.07, 6.45) is 3.35. The van der Waals surface area contributed by atoms with E-state index >= 15 is 9.59 Å². The number of carbonyl (C=O) groups excluding carboxylic acids is 12. The van der Waals surface area contributed by atoms with Crippen LogP contribution in [0.15, 0.2) is 54.7 Å². The number of carboxylic acids is 1. The van der Waals surface area contributed by atoms with Crippen LogP contribution in [0.4, 0.5) is 0 Å². The number of aromatic amines is 1. The minimum absolute atomic E-state index is 0.00343. The minimum atomic E-state index is -1.75. The van der Waals surface area contributed by atoms with Gasteiger partial charge in [-0.25, -0.2) is 4.79 Å². The van der Waals surface area contributed by atoms with Crippen molar-refractivity contribution in [2.75, 3.05) is 42.7 Å². The number of aromatic hydroxyl groups is 1. The summed E-state index contributed by atoms with van der Waals surface area (Å²) >= 11 is 0. The Morgan fingerprint density at radius 2 is 1.18 bits per heavy atom. The van der Waals surface area contributed by atoms with Crippen molar-refractivity contribution < 1.29 is 77.6 Å². The second kappa shape index (κ2) is 39.0. The third-order valence-corrected chi connectivity index (χ3v) is 21.6. The molecule has 13 atom stereocenters. The number of benzene rings is 2. The number of rotatable bonds is 16. The second-order valence-electron chi connectivity index (χ2n) is 23.9. The molecular weight excluding hydrogens is 1340 g/mol. The Balaban J connectivity index is 1.48. The number of nitrogens with one attached hydrogen (secondary N) is 12. The Kier molecular flexibility index (Phi) is 31.4. The Hall–Kier alpha value is -7.79. The smallest absolute Gasteiger partial charge is 0.327 e. The maximum Gasteiger partial charge on any atom is 0.327 e. The van der Waals surface area contributed by atoms with Crippen molar-refractivity contribution in [2.24, 2.45) is 11.7 Å². The molecule has 0 saturated carbocycles. The number of phenols is 1. The number of amides is 12. The molecule has 2 aromatic carbocycles. The molecule has 1 aromatic heterocycles. The topological polar surface area (TPSA) is 460 Å². The number of carbonyl (C=O) groups is 13. The number of hydrogen-bond acceptors (Lipinski definition) is 20. The highest BCUT2D eigenvalue weighted by atomic mass is 33.1. The fraction of sp³-hybridized carbons (Fsp3) is 0.571. The van der Waals surface area contributed by atoms with Crippen LogP contribution in [-0.4, -0.2) is 217 Å². The van der Waals surface area contributed by atoms with Gasteiger partial charge >= 0.3 is 5.97 Å². The molecule has 17 N–H and O–H groups in total. The van der Waals surface area contributed by atoms with E-state index in [-0.39, 0.29) is 68.7 Å². The van der Waals surface area contributed by atoms with Gasteiger partial charge in [-0.2, -0.15) is 0 Å². The van der Waals surface area contributed by atoms with Gasteiger partial charge in [-0.3, -0.25) is 57.5 Å². The average molecular weight is 1430 g/mol. The van der Waals surface area contributed by atoms with E-state index < -0.39 is 180 Å². The summed E-state index contributed by atoms with van der Waals surface area (Å²) in [5.74, 6) is -14.3. The molecule has 12 amide bonds. The monoisotopic (exact) mass is 1430 g/mol. The molecule has 3 fully saturated rings. The molecule has 0 spiro atoms. The number of aromatic nitrogens is 1. The third kappa shape index (κ3) is 22.9. The van der Waals surface area contributed by atoms with Gasteiger partial charge < -0.3 is 89.4 Å². The molecule has 0 radical (unpaired) electrons. The summed E-state index contributed by atoms with van der Waals surface area (Å²) in [7, 11) is 3.55. The predicted molar refractivity (Wildman–Crippen MR) is 368 cm³/mol. The van der Waals surface area contributed by atoms with E-state index in [0.29, 0.717) is 47.7 Å². The predicted octanol–water partition coefficient (Wildman–Crippen LogP) is -0.746. The number of H-pyrrole nitrogens is 1. The van der Waals surface area contributed by atoms with Gasteiger partial charge in [-0.1, -0.05) is 134 Å². The Labute approximate surface area is 577 Å². The number of unbranched alkanes of at least 4 members (excludes halogenated alkanes) is 1. The highest BCUT2D eigenvalue weighted by molar-refractivity contribution is 8.77. The van der Waals surface area contributed by atoms with E-state index in [1.165, 1.54) is 29.2 Å². The van der Waals surface area contributed by atoms with Gasteiger partial charge in [0.1, 0.15) is 78.3 Å². The maximum absolute atomic E-state index is 15.1. The largest absolute Gasteiger partial charge is 0.508 e. The third-order valence-electron chi connectivity index (χ3n) is 16.7. The SMILES string of the molecule is CCCC[C@@H]1NC(=O)[C@H](CO)NC(=O)[C@@H]2CSSC[C@@H](C(=O)O)NC(=O)[C@H](Cc3ccc(O)cc3)NC(=O)[C@H](CCC)NC(=O)[C@H](Cc3c[nH]c4ccccc34)NC(=O)[C@H]([C@H](C)CC)NC(=O)[C@H](CSSC[C@H](NC(=O)CN)C(=O)N2)NC(=O)[C@H](CC)NC(=O)[C@@H]2CCCN2C1=O. The summed E-state index contributed by atoms with van der Waals surface area (Å²) in [6.45, 7) is 7.08. The van der Waals surface area contributed by atoms with Crippen LogP contribution in [0.2, 0.25) is 0 Å². The van der Waals surface area contributed by atoms with Gasteiger partial charge in [0, 0.05) is 59.5 Å². The number of carboxylic acid groups (broad SMARTS) is 1. The fourth-order valence-corrected chi connectivity index (χ4v) is 15.6. The lowest BCUT2D eigenvalue weighted by Crippen LogP contribution is -2.62. The van der Waals surface area contributed by atoms with Gasteiger partial charge in [-0.15, -0.1) is 0 Å². The standard InChI is InChI=1S/C63H90N14O16S4/c1-6-10-16-41-62(91)77-23-13-18-49(77)60(89)67-38(9-4)52(81)73-47-31-95-94-29-45(66-50(80)26-64)57(86)74-46(58(87)72-44(28-78)56(85)69-41)30-96-97-32-48(63(92)93)75-54(83)42(24-34-19-21-36(79)22-20-34)70-53(82)40(14-7-2)68-55(84)43(25-35-27-65-39-17-12-11-15-37(35)39)71-61(90)51(33(5)8-3)76-59(47)88/h11-12,15,17,19-22,27,33,38,40-49,51,65,78-79H,6-10,13-14,16,18,23-26,28-32,64H2,1-5H3,(H,66,80)(H,67,89)(H,68,84)(H,69,85)(H,70,82)(H,71,90)(H,72,87)(H,73,81)(H,74,86)(H,75,83)(H,76,88)(H,92,93)/t33-,38+,40+,41+,42+,43+,44+,45+,46+,47+,48+,49+,51+/m1/s1. The molecule has 30 nitrogen and oxygen atoms in total. The number of phenolic OH excluding ortho intramolecular Hbond substituents is 1. The van der Waals surface area contributed by atoms with Gasteiger partial charge in [0.2, 0.25) is 70.9 Å². The molecule has 2 bridgehead atoms. The normalized spacial score (nSPS) is 26.8. The van der Waals surface area contributed by atoms with Crippen LogP contribution in [-0.2, 0) is 75.2 Å². The number of nitrogens with zero attached hydrogens (tertiary/aromatic N) is 1. The second-order valence-corrected chi connectivity index (χ2v) is 29.0. The van der Waals surface area contributed by atoms with Crippen LogP contribution in [0.5, 0.6) is 5.75 Å². The summed E-state index contributed by atoms with van der Waals surface area (Å²) < 4.78 is 0. The average Bonchev–Trinajstić information content (AvgIpc) is 1.75.